The molecule has 8 nitrogen and oxygen atoms in total. The summed E-state index contributed by atoms with van der Waals surface area (Å²) in [6.45, 7) is 2.76. The molecule has 0 atom stereocenters. The molecular weight excluding hydrogens is 424 g/mol. The number of rotatable bonds is 6. The molecule has 1 fully saturated rings. The third-order valence-corrected chi connectivity index (χ3v) is 5.66. The molecule has 3 aromatic rings. The van der Waals surface area contributed by atoms with Crippen LogP contribution in [0.2, 0.25) is 0 Å². The molecule has 0 aliphatic carbocycles. The van der Waals surface area contributed by atoms with Crippen molar-refractivity contribution >= 4 is 34.6 Å². The van der Waals surface area contributed by atoms with E-state index in [-0.39, 0.29) is 36.9 Å². The smallest absolute Gasteiger partial charge is 0.374 e. The maximum absolute atomic E-state index is 12.7. The number of amides is 2. The summed E-state index contributed by atoms with van der Waals surface area (Å²) in [4.78, 5) is 39.2. The highest BCUT2D eigenvalue weighted by Gasteiger charge is 2.29. The predicted octanol–water partition coefficient (Wildman–Crippen LogP) is 4.60. The number of para-hydroxylation sites is 2. The number of carbonyl (C=O) groups excluding carboxylic acids is 3. The summed E-state index contributed by atoms with van der Waals surface area (Å²) < 4.78 is 16.3. The summed E-state index contributed by atoms with van der Waals surface area (Å²) in [6, 6.07) is 16.3. The number of furan rings is 1. The van der Waals surface area contributed by atoms with Crippen molar-refractivity contribution in [3.63, 3.8) is 0 Å². The molecule has 0 radical (unpaired) electrons. The van der Waals surface area contributed by atoms with Gasteiger partial charge in [-0.15, -0.1) is 0 Å². The van der Waals surface area contributed by atoms with Crippen LogP contribution in [0.1, 0.15) is 35.9 Å². The van der Waals surface area contributed by atoms with E-state index in [1.54, 1.807) is 24.0 Å². The Balaban J connectivity index is 1.34. The minimum Gasteiger partial charge on any atom is -0.460 e. The standard InChI is InChI=1S/C25H26N2O6/c1-2-31-24(29)22-20(19-10-6-7-11-21(19)33-22)16-32-23(28)17-12-14-27(15-13-17)25(30)26-18-8-4-3-5-9-18/h3-11,17H,2,12-16H2,1H3,(H,26,30). The number of carbonyl (C=O) groups is 3. The Hall–Kier alpha value is -3.81. The summed E-state index contributed by atoms with van der Waals surface area (Å²) in [5.41, 5.74) is 1.76. The minimum absolute atomic E-state index is 0.0539. The van der Waals surface area contributed by atoms with E-state index < -0.39 is 5.97 Å². The Morgan fingerprint density at radius 3 is 2.42 bits per heavy atom. The number of nitrogens with one attached hydrogen (secondary N) is 1. The quantitative estimate of drug-likeness (QED) is 0.552. The molecule has 0 spiro atoms. The molecule has 1 aliphatic rings. The van der Waals surface area contributed by atoms with Crippen molar-refractivity contribution in [1.29, 1.82) is 0 Å². The third kappa shape index (κ3) is 5.16. The average molecular weight is 450 g/mol. The summed E-state index contributed by atoms with van der Waals surface area (Å²) in [5, 5.41) is 3.57. The molecule has 1 saturated heterocycles. The van der Waals surface area contributed by atoms with Crippen LogP contribution >= 0.6 is 0 Å². The molecule has 1 aliphatic heterocycles. The molecule has 4 rings (SSSR count). The normalized spacial score (nSPS) is 14.2. The second kappa shape index (κ2) is 10.2. The van der Waals surface area contributed by atoms with Crippen molar-refractivity contribution in [3.05, 3.63) is 65.9 Å². The number of piperidine rings is 1. The molecule has 33 heavy (non-hydrogen) atoms. The van der Waals surface area contributed by atoms with E-state index in [2.05, 4.69) is 5.32 Å². The first-order valence-corrected chi connectivity index (χ1v) is 11.0. The molecule has 8 heteroatoms. The summed E-state index contributed by atoms with van der Waals surface area (Å²) >= 11 is 0. The fraction of sp³-hybridized carbons (Fsp3) is 0.320. The van der Waals surface area contributed by atoms with Gasteiger partial charge in [-0.25, -0.2) is 9.59 Å². The van der Waals surface area contributed by atoms with Crippen LogP contribution in [-0.2, 0) is 20.9 Å². The number of esters is 2. The first-order chi connectivity index (χ1) is 16.1. The lowest BCUT2D eigenvalue weighted by Gasteiger charge is -2.31. The largest absolute Gasteiger partial charge is 0.460 e. The van der Waals surface area contributed by atoms with Crippen LogP contribution in [0.4, 0.5) is 10.5 Å². The molecule has 2 aromatic carbocycles. The van der Waals surface area contributed by atoms with Crippen molar-refractivity contribution < 1.29 is 28.3 Å². The maximum atomic E-state index is 12.7. The summed E-state index contributed by atoms with van der Waals surface area (Å²) in [7, 11) is 0. The van der Waals surface area contributed by atoms with Crippen molar-refractivity contribution in [1.82, 2.24) is 4.90 Å². The Morgan fingerprint density at radius 1 is 1.00 bits per heavy atom. The molecule has 1 N–H and O–H groups in total. The van der Waals surface area contributed by atoms with E-state index in [0.29, 0.717) is 42.5 Å². The van der Waals surface area contributed by atoms with Gasteiger partial charge in [0.15, 0.2) is 0 Å². The van der Waals surface area contributed by atoms with Gasteiger partial charge in [0.05, 0.1) is 18.1 Å². The lowest BCUT2D eigenvalue weighted by molar-refractivity contribution is -0.151. The van der Waals surface area contributed by atoms with Crippen LogP contribution in [0, 0.1) is 5.92 Å². The Kier molecular flexibility index (Phi) is 6.92. The zero-order chi connectivity index (χ0) is 23.2. The highest BCUT2D eigenvalue weighted by Crippen LogP contribution is 2.28. The molecular formula is C25H26N2O6. The van der Waals surface area contributed by atoms with Gasteiger partial charge in [-0.2, -0.15) is 0 Å². The van der Waals surface area contributed by atoms with Gasteiger partial charge in [0.2, 0.25) is 5.76 Å². The van der Waals surface area contributed by atoms with Gasteiger partial charge in [0.1, 0.15) is 12.2 Å². The van der Waals surface area contributed by atoms with E-state index >= 15 is 0 Å². The van der Waals surface area contributed by atoms with Gasteiger partial charge in [-0.3, -0.25) is 4.79 Å². The summed E-state index contributed by atoms with van der Waals surface area (Å²) in [6.07, 6.45) is 1.02. The zero-order valence-corrected chi connectivity index (χ0v) is 18.4. The molecule has 172 valence electrons. The number of likely N-dealkylation sites (tertiary alicyclic amines) is 1. The number of anilines is 1. The Bertz CT molecular complexity index is 1130. The number of urea groups is 1. The average Bonchev–Trinajstić information content (AvgIpc) is 3.22. The van der Waals surface area contributed by atoms with Crippen molar-refractivity contribution in [2.45, 2.75) is 26.4 Å². The van der Waals surface area contributed by atoms with Gasteiger partial charge in [0, 0.05) is 24.2 Å². The monoisotopic (exact) mass is 450 g/mol. The molecule has 0 saturated carbocycles. The van der Waals surface area contributed by atoms with Crippen molar-refractivity contribution in [3.8, 4) is 0 Å². The topological polar surface area (TPSA) is 98.1 Å². The number of ether oxygens (including phenoxy) is 2. The van der Waals surface area contributed by atoms with E-state index in [1.807, 2.05) is 42.5 Å². The maximum Gasteiger partial charge on any atom is 0.374 e. The van der Waals surface area contributed by atoms with Crippen LogP contribution < -0.4 is 5.32 Å². The Morgan fingerprint density at radius 2 is 1.70 bits per heavy atom. The highest BCUT2D eigenvalue weighted by molar-refractivity contribution is 5.96. The fourth-order valence-corrected chi connectivity index (χ4v) is 3.91. The number of nitrogens with zero attached hydrogens (tertiary/aromatic N) is 1. The third-order valence-electron chi connectivity index (χ3n) is 5.66. The SMILES string of the molecule is CCOC(=O)c1oc2ccccc2c1COC(=O)C1CCN(C(=O)Nc2ccccc2)CC1. The molecule has 2 amide bonds. The molecule has 0 bridgehead atoms. The summed E-state index contributed by atoms with van der Waals surface area (Å²) in [5.74, 6) is -1.19. The molecule has 2 heterocycles. The van der Waals surface area contributed by atoms with Crippen LogP contribution in [0.15, 0.2) is 59.0 Å². The number of fused-ring (bicyclic) bond motifs is 1. The van der Waals surface area contributed by atoms with Gasteiger partial charge < -0.3 is 24.1 Å². The van der Waals surface area contributed by atoms with E-state index in [9.17, 15) is 14.4 Å². The van der Waals surface area contributed by atoms with Crippen LogP contribution in [0.25, 0.3) is 11.0 Å². The predicted molar refractivity (Wildman–Crippen MR) is 122 cm³/mol. The van der Waals surface area contributed by atoms with Crippen LogP contribution in [0.3, 0.4) is 0 Å². The lowest BCUT2D eigenvalue weighted by atomic mass is 9.97. The Labute approximate surface area is 191 Å². The van der Waals surface area contributed by atoms with Gasteiger partial charge in [-0.05, 0) is 38.0 Å². The van der Waals surface area contributed by atoms with E-state index in [0.717, 1.165) is 5.69 Å². The van der Waals surface area contributed by atoms with E-state index in [4.69, 9.17) is 13.9 Å². The number of benzene rings is 2. The van der Waals surface area contributed by atoms with Gasteiger partial charge in [-0.1, -0.05) is 36.4 Å². The number of hydrogen-bond donors (Lipinski definition) is 1. The van der Waals surface area contributed by atoms with Crippen molar-refractivity contribution in [2.24, 2.45) is 5.92 Å². The van der Waals surface area contributed by atoms with E-state index in [1.165, 1.54) is 0 Å². The lowest BCUT2D eigenvalue weighted by Crippen LogP contribution is -2.42. The first kappa shape index (κ1) is 22.4. The second-order valence-corrected chi connectivity index (χ2v) is 7.79. The molecule has 1 aromatic heterocycles. The van der Waals surface area contributed by atoms with Gasteiger partial charge >= 0.3 is 18.0 Å². The fourth-order valence-electron chi connectivity index (χ4n) is 3.91. The van der Waals surface area contributed by atoms with Crippen LogP contribution in [0.5, 0.6) is 0 Å². The second-order valence-electron chi connectivity index (χ2n) is 7.79. The minimum atomic E-state index is -0.586. The zero-order valence-electron chi connectivity index (χ0n) is 18.4. The number of hydrogen-bond acceptors (Lipinski definition) is 6. The highest BCUT2D eigenvalue weighted by atomic mass is 16.5. The first-order valence-electron chi connectivity index (χ1n) is 11.0. The molecule has 0 unspecified atom stereocenters. The van der Waals surface area contributed by atoms with Gasteiger partial charge in [0.25, 0.3) is 0 Å². The van der Waals surface area contributed by atoms with Crippen molar-refractivity contribution in [2.75, 3.05) is 25.0 Å². The van der Waals surface area contributed by atoms with Crippen LogP contribution in [-0.4, -0.2) is 42.6 Å².